The van der Waals surface area contributed by atoms with E-state index in [0.29, 0.717) is 51.7 Å². The van der Waals surface area contributed by atoms with Crippen LogP contribution in [-0.2, 0) is 25.6 Å². The highest BCUT2D eigenvalue weighted by molar-refractivity contribution is 5.94. The molecular weight excluding hydrogens is 568 g/mol. The third-order valence-electron chi connectivity index (χ3n) is 7.18. The summed E-state index contributed by atoms with van der Waals surface area (Å²) in [5, 5.41) is 18.8. The van der Waals surface area contributed by atoms with E-state index < -0.39 is 47.9 Å². The van der Waals surface area contributed by atoms with Gasteiger partial charge in [0.15, 0.2) is 5.96 Å². The second-order valence-electron chi connectivity index (χ2n) is 10.7. The van der Waals surface area contributed by atoms with E-state index in [-0.39, 0.29) is 31.6 Å². The Hall–Kier alpha value is -4.21. The molecule has 0 bridgehead atoms. The third kappa shape index (κ3) is 12.2. The number of hydrogen-bond acceptors (Lipinski definition) is 8. The Labute approximate surface area is 257 Å². The molecule has 1 aromatic carbocycles. The van der Waals surface area contributed by atoms with Crippen LogP contribution in [0.2, 0.25) is 0 Å². The molecule has 44 heavy (non-hydrogen) atoms. The van der Waals surface area contributed by atoms with Crippen LogP contribution in [0.4, 0.5) is 0 Å². The highest BCUT2D eigenvalue weighted by Crippen LogP contribution is 2.19. The normalized spacial score (nSPS) is 13.8. The molecule has 3 amide bonds. The Kier molecular flexibility index (Phi) is 15.7. The standard InChI is InChI=1S/C29H48N10O5/c30-13-5-3-11-22(37-25(40)20(32)9-7-15-35-29(33)34)26(41)38-23(12-4-6-14-31)27(42)39-24(28(43)44)16-18-17-36-21-10-2-1-8-19(18)21/h1-2,8,10,17,20,22-24,36H,3-7,9,11-16,30-32H2,(H,37,40)(H,38,41)(H,39,42)(H,43,44)(H4,33,34,35). The number of carboxylic acid groups (broad SMARTS) is 1. The lowest BCUT2D eigenvalue weighted by molar-refractivity contribution is -0.142. The third-order valence-corrected chi connectivity index (χ3v) is 7.18. The number of hydrogen-bond donors (Lipinski definition) is 10. The SMILES string of the molecule is NCCCCC(NC(=O)C(N)CCCN=C(N)N)C(=O)NC(CCCCN)C(=O)NC(Cc1c[nH]c2ccccc12)C(=O)O. The Morgan fingerprint density at radius 1 is 0.795 bits per heavy atom. The molecule has 0 aliphatic carbocycles. The number of nitrogens with two attached hydrogens (primary N) is 5. The molecule has 15 nitrogen and oxygen atoms in total. The molecule has 2 aromatic rings. The van der Waals surface area contributed by atoms with Gasteiger partial charge in [0, 0.05) is 30.1 Å². The first-order chi connectivity index (χ1) is 21.1. The van der Waals surface area contributed by atoms with Crippen molar-refractivity contribution < 1.29 is 24.3 Å². The van der Waals surface area contributed by atoms with E-state index in [4.69, 9.17) is 28.7 Å². The minimum Gasteiger partial charge on any atom is -0.480 e. The molecule has 244 valence electrons. The van der Waals surface area contributed by atoms with E-state index in [1.807, 2.05) is 24.3 Å². The van der Waals surface area contributed by atoms with Gasteiger partial charge < -0.3 is 54.7 Å². The molecule has 0 aliphatic heterocycles. The molecule has 0 saturated heterocycles. The molecule has 2 rings (SSSR count). The van der Waals surface area contributed by atoms with Gasteiger partial charge >= 0.3 is 5.97 Å². The van der Waals surface area contributed by atoms with Crippen LogP contribution in [0, 0.1) is 0 Å². The fraction of sp³-hybridized carbons (Fsp3) is 0.552. The molecule has 4 atom stereocenters. The van der Waals surface area contributed by atoms with Gasteiger partial charge in [-0.15, -0.1) is 0 Å². The zero-order chi connectivity index (χ0) is 32.5. The van der Waals surface area contributed by atoms with Crippen LogP contribution in [-0.4, -0.2) is 83.5 Å². The topological polar surface area (TPSA) is 283 Å². The zero-order valence-electron chi connectivity index (χ0n) is 25.1. The molecule has 4 unspecified atom stereocenters. The van der Waals surface area contributed by atoms with Crippen molar-refractivity contribution >= 4 is 40.6 Å². The first-order valence-corrected chi connectivity index (χ1v) is 15.0. The Bertz CT molecular complexity index is 1250. The number of aliphatic imine (C=N–C) groups is 1. The zero-order valence-corrected chi connectivity index (χ0v) is 25.1. The van der Waals surface area contributed by atoms with Crippen molar-refractivity contribution in [1.82, 2.24) is 20.9 Å². The van der Waals surface area contributed by atoms with Crippen LogP contribution in [0.15, 0.2) is 35.5 Å². The highest BCUT2D eigenvalue weighted by atomic mass is 16.4. The van der Waals surface area contributed by atoms with Crippen LogP contribution in [0.25, 0.3) is 10.9 Å². The number of benzene rings is 1. The fourth-order valence-electron chi connectivity index (χ4n) is 4.72. The molecule has 1 aromatic heterocycles. The van der Waals surface area contributed by atoms with E-state index in [1.54, 1.807) is 6.20 Å². The predicted molar refractivity (Wildman–Crippen MR) is 169 cm³/mol. The quantitative estimate of drug-likeness (QED) is 0.0458. The largest absolute Gasteiger partial charge is 0.480 e. The lowest BCUT2D eigenvalue weighted by atomic mass is 10.0. The number of guanidine groups is 1. The average Bonchev–Trinajstić information content (AvgIpc) is 3.40. The van der Waals surface area contributed by atoms with Crippen molar-refractivity contribution in [3.05, 3.63) is 36.0 Å². The van der Waals surface area contributed by atoms with Crippen LogP contribution in [0.1, 0.15) is 56.9 Å². The second-order valence-corrected chi connectivity index (χ2v) is 10.7. The maximum absolute atomic E-state index is 13.4. The minimum atomic E-state index is -1.24. The summed E-state index contributed by atoms with van der Waals surface area (Å²) in [7, 11) is 0. The van der Waals surface area contributed by atoms with E-state index in [9.17, 15) is 24.3 Å². The van der Waals surface area contributed by atoms with Crippen molar-refractivity contribution in [1.29, 1.82) is 0 Å². The summed E-state index contributed by atoms with van der Waals surface area (Å²) in [6.45, 7) is 1.10. The molecule has 1 heterocycles. The van der Waals surface area contributed by atoms with Gasteiger partial charge in [-0.2, -0.15) is 0 Å². The first-order valence-electron chi connectivity index (χ1n) is 15.0. The number of aliphatic carboxylic acids is 1. The summed E-state index contributed by atoms with van der Waals surface area (Å²) in [5.74, 6) is -3.03. The van der Waals surface area contributed by atoms with Crippen LogP contribution < -0.4 is 44.6 Å². The first kappa shape index (κ1) is 36.0. The Balaban J connectivity index is 2.14. The van der Waals surface area contributed by atoms with Crippen LogP contribution in [0.3, 0.4) is 0 Å². The van der Waals surface area contributed by atoms with Gasteiger partial charge in [-0.05, 0) is 76.1 Å². The van der Waals surface area contributed by atoms with E-state index in [1.165, 1.54) is 0 Å². The Morgan fingerprint density at radius 3 is 1.93 bits per heavy atom. The number of aromatic nitrogens is 1. The number of carbonyl (C=O) groups is 4. The second kappa shape index (κ2) is 19.1. The maximum Gasteiger partial charge on any atom is 0.326 e. The lowest BCUT2D eigenvalue weighted by Crippen LogP contribution is -2.57. The maximum atomic E-state index is 13.4. The van der Waals surface area contributed by atoms with Gasteiger partial charge in [0.25, 0.3) is 0 Å². The number of fused-ring (bicyclic) bond motifs is 1. The number of H-pyrrole nitrogens is 1. The van der Waals surface area contributed by atoms with Gasteiger partial charge in [-0.1, -0.05) is 18.2 Å². The van der Waals surface area contributed by atoms with Crippen molar-refractivity contribution in [3.8, 4) is 0 Å². The van der Waals surface area contributed by atoms with E-state index >= 15 is 0 Å². The number of nitrogens with zero attached hydrogens (tertiary/aromatic N) is 1. The van der Waals surface area contributed by atoms with Gasteiger partial charge in [-0.3, -0.25) is 19.4 Å². The predicted octanol–water partition coefficient (Wildman–Crippen LogP) is -1.11. The van der Waals surface area contributed by atoms with Gasteiger partial charge in [0.2, 0.25) is 17.7 Å². The summed E-state index contributed by atoms with van der Waals surface area (Å²) in [6.07, 6.45) is 5.28. The molecule has 0 radical (unpaired) electrons. The van der Waals surface area contributed by atoms with Crippen molar-refractivity contribution in [3.63, 3.8) is 0 Å². The molecule has 15 heteroatoms. The monoisotopic (exact) mass is 616 g/mol. The number of unbranched alkanes of at least 4 members (excludes halogenated alkanes) is 2. The van der Waals surface area contributed by atoms with E-state index in [0.717, 1.165) is 16.5 Å². The van der Waals surface area contributed by atoms with Gasteiger partial charge in [0.05, 0.1) is 6.04 Å². The highest BCUT2D eigenvalue weighted by Gasteiger charge is 2.30. The molecule has 0 fully saturated rings. The van der Waals surface area contributed by atoms with Gasteiger partial charge in [0.1, 0.15) is 18.1 Å². The van der Waals surface area contributed by atoms with Crippen molar-refractivity contribution in [2.45, 2.75) is 82.0 Å². The number of carbonyl (C=O) groups excluding carboxylic acids is 3. The van der Waals surface area contributed by atoms with Crippen molar-refractivity contribution in [2.75, 3.05) is 19.6 Å². The van der Waals surface area contributed by atoms with Crippen molar-refractivity contribution in [2.24, 2.45) is 33.7 Å². The Morgan fingerprint density at radius 2 is 1.36 bits per heavy atom. The number of carboxylic acids is 1. The summed E-state index contributed by atoms with van der Waals surface area (Å²) in [4.78, 5) is 58.8. The summed E-state index contributed by atoms with van der Waals surface area (Å²) in [5.41, 5.74) is 29.5. The average molecular weight is 617 g/mol. The summed E-state index contributed by atoms with van der Waals surface area (Å²) in [6, 6.07) is 3.27. The lowest BCUT2D eigenvalue weighted by Gasteiger charge is -2.25. The molecule has 0 saturated carbocycles. The number of rotatable bonds is 21. The smallest absolute Gasteiger partial charge is 0.326 e. The summed E-state index contributed by atoms with van der Waals surface area (Å²) >= 11 is 0. The number of nitrogens with one attached hydrogen (secondary N) is 4. The molecule has 0 aliphatic rings. The number of aromatic amines is 1. The van der Waals surface area contributed by atoms with E-state index in [2.05, 4.69) is 25.9 Å². The minimum absolute atomic E-state index is 0.0351. The molecule has 0 spiro atoms. The number of amides is 3. The van der Waals surface area contributed by atoms with Crippen LogP contribution in [0.5, 0.6) is 0 Å². The summed E-state index contributed by atoms with van der Waals surface area (Å²) < 4.78 is 0. The van der Waals surface area contributed by atoms with Gasteiger partial charge in [-0.25, -0.2) is 4.79 Å². The molecular formula is C29H48N10O5. The number of para-hydroxylation sites is 1. The molecule has 15 N–H and O–H groups in total. The fourth-order valence-corrected chi connectivity index (χ4v) is 4.72. The van der Waals surface area contributed by atoms with Crippen LogP contribution >= 0.6 is 0 Å².